The molecule has 0 aliphatic heterocycles. The first-order valence-electron chi connectivity index (χ1n) is 5.67. The number of aromatic carboxylic acids is 1. The minimum absolute atomic E-state index is 0.276. The number of carboxylic acid groups (broad SMARTS) is 1. The number of imidazole rings is 1. The highest BCUT2D eigenvalue weighted by atomic mass is 16.4. The molecule has 5 heteroatoms. The van der Waals surface area contributed by atoms with Crippen molar-refractivity contribution in [3.05, 3.63) is 23.8 Å². The zero-order valence-corrected chi connectivity index (χ0v) is 9.26. The summed E-state index contributed by atoms with van der Waals surface area (Å²) < 4.78 is 1.96. The summed E-state index contributed by atoms with van der Waals surface area (Å²) in [6, 6.07) is 5.30. The van der Waals surface area contributed by atoms with E-state index >= 15 is 0 Å². The van der Waals surface area contributed by atoms with Crippen molar-refractivity contribution in [3.8, 4) is 0 Å². The van der Waals surface area contributed by atoms with Crippen molar-refractivity contribution < 1.29 is 9.90 Å². The number of nitrogen functional groups attached to an aromatic ring is 1. The van der Waals surface area contributed by atoms with Crippen LogP contribution in [0.15, 0.2) is 18.2 Å². The molecule has 1 aliphatic rings. The summed E-state index contributed by atoms with van der Waals surface area (Å²) >= 11 is 0. The lowest BCUT2D eigenvalue weighted by Crippen LogP contribution is -2.18. The molecule has 0 spiro atoms. The number of benzene rings is 1. The van der Waals surface area contributed by atoms with Gasteiger partial charge in [0.05, 0.1) is 16.6 Å². The van der Waals surface area contributed by atoms with Crippen molar-refractivity contribution in [3.63, 3.8) is 0 Å². The van der Waals surface area contributed by atoms with Crippen molar-refractivity contribution in [2.75, 3.05) is 5.73 Å². The van der Waals surface area contributed by atoms with Crippen LogP contribution in [0.1, 0.15) is 35.7 Å². The summed E-state index contributed by atoms with van der Waals surface area (Å²) in [4.78, 5) is 15.2. The molecule has 1 heterocycles. The van der Waals surface area contributed by atoms with Gasteiger partial charge in [0.15, 0.2) is 0 Å². The Kier molecular flexibility index (Phi) is 2.07. The molecule has 1 saturated carbocycles. The van der Waals surface area contributed by atoms with Crippen LogP contribution in [0.5, 0.6) is 0 Å². The molecule has 3 rings (SSSR count). The van der Waals surface area contributed by atoms with E-state index in [-0.39, 0.29) is 5.56 Å². The largest absolute Gasteiger partial charge is 0.478 e. The molecule has 0 radical (unpaired) electrons. The van der Waals surface area contributed by atoms with Crippen molar-refractivity contribution in [2.24, 2.45) is 0 Å². The number of nitrogens with two attached hydrogens (primary N) is 1. The second-order valence-electron chi connectivity index (χ2n) is 4.43. The zero-order valence-electron chi connectivity index (χ0n) is 9.26. The number of fused-ring (bicyclic) bond motifs is 1. The summed E-state index contributed by atoms with van der Waals surface area (Å²) in [5, 5.41) is 8.99. The number of nitrogens with zero attached hydrogens (tertiary/aromatic N) is 2. The van der Waals surface area contributed by atoms with Gasteiger partial charge in [-0.05, 0) is 37.5 Å². The summed E-state index contributed by atoms with van der Waals surface area (Å²) in [7, 11) is 0. The van der Waals surface area contributed by atoms with Crippen molar-refractivity contribution in [1.82, 2.24) is 9.55 Å². The standard InChI is InChI=1S/C12H13N3O2/c13-12-14-9-5-4-7(11(16)17)6-10(9)15(12)8-2-1-3-8/h4-6,8H,1-3H2,(H2,13,14)(H,16,17). The van der Waals surface area contributed by atoms with Gasteiger partial charge in [-0.25, -0.2) is 9.78 Å². The summed E-state index contributed by atoms with van der Waals surface area (Å²) in [6.45, 7) is 0. The zero-order chi connectivity index (χ0) is 12.0. The fraction of sp³-hybridized carbons (Fsp3) is 0.333. The van der Waals surface area contributed by atoms with E-state index in [2.05, 4.69) is 4.98 Å². The van der Waals surface area contributed by atoms with E-state index in [0.29, 0.717) is 12.0 Å². The van der Waals surface area contributed by atoms with Crippen LogP contribution in [-0.4, -0.2) is 20.6 Å². The first kappa shape index (κ1) is 10.1. The molecule has 88 valence electrons. The van der Waals surface area contributed by atoms with E-state index in [4.69, 9.17) is 10.8 Å². The number of aromatic nitrogens is 2. The molecular weight excluding hydrogens is 218 g/mol. The van der Waals surface area contributed by atoms with Gasteiger partial charge in [-0.15, -0.1) is 0 Å². The molecule has 17 heavy (non-hydrogen) atoms. The molecule has 0 bridgehead atoms. The Hall–Kier alpha value is -2.04. The second kappa shape index (κ2) is 3.48. The molecular formula is C12H13N3O2. The second-order valence-corrected chi connectivity index (χ2v) is 4.43. The topological polar surface area (TPSA) is 81.1 Å². The molecule has 1 aliphatic carbocycles. The number of rotatable bonds is 2. The van der Waals surface area contributed by atoms with Gasteiger partial charge in [-0.3, -0.25) is 0 Å². The predicted molar refractivity (Wildman–Crippen MR) is 64.0 cm³/mol. The molecule has 5 nitrogen and oxygen atoms in total. The van der Waals surface area contributed by atoms with Gasteiger partial charge in [-0.2, -0.15) is 0 Å². The van der Waals surface area contributed by atoms with Crippen LogP contribution in [0.4, 0.5) is 5.95 Å². The summed E-state index contributed by atoms with van der Waals surface area (Å²) in [6.07, 6.45) is 3.38. The average Bonchev–Trinajstić information content (AvgIpc) is 2.53. The van der Waals surface area contributed by atoms with Crippen LogP contribution in [0.25, 0.3) is 11.0 Å². The Morgan fingerprint density at radius 3 is 2.82 bits per heavy atom. The quantitative estimate of drug-likeness (QED) is 0.828. The third-order valence-electron chi connectivity index (χ3n) is 3.40. The van der Waals surface area contributed by atoms with E-state index in [9.17, 15) is 4.79 Å². The molecule has 1 aromatic heterocycles. The minimum atomic E-state index is -0.924. The average molecular weight is 231 g/mol. The lowest BCUT2D eigenvalue weighted by atomic mass is 9.92. The van der Waals surface area contributed by atoms with Gasteiger partial charge in [0.25, 0.3) is 0 Å². The van der Waals surface area contributed by atoms with Gasteiger partial charge in [0.2, 0.25) is 5.95 Å². The van der Waals surface area contributed by atoms with Crippen molar-refractivity contribution >= 4 is 23.0 Å². The molecule has 1 fully saturated rings. The maximum atomic E-state index is 11.0. The Labute approximate surface area is 97.9 Å². The van der Waals surface area contributed by atoms with Crippen LogP contribution in [0.2, 0.25) is 0 Å². The molecule has 0 amide bonds. The number of carbonyl (C=O) groups is 1. The number of hydrogen-bond donors (Lipinski definition) is 2. The molecule has 0 atom stereocenters. The van der Waals surface area contributed by atoms with Crippen LogP contribution < -0.4 is 5.73 Å². The number of hydrogen-bond acceptors (Lipinski definition) is 3. The molecule has 0 unspecified atom stereocenters. The van der Waals surface area contributed by atoms with Crippen molar-refractivity contribution in [1.29, 1.82) is 0 Å². The Balaban J connectivity index is 2.21. The lowest BCUT2D eigenvalue weighted by molar-refractivity contribution is 0.0697. The Bertz CT molecular complexity index is 599. The predicted octanol–water partition coefficient (Wildman–Crippen LogP) is 2.04. The Morgan fingerprint density at radius 2 is 2.24 bits per heavy atom. The Morgan fingerprint density at radius 1 is 1.47 bits per heavy atom. The third kappa shape index (κ3) is 1.46. The first-order chi connectivity index (χ1) is 8.16. The third-order valence-corrected chi connectivity index (χ3v) is 3.40. The van der Waals surface area contributed by atoms with Crippen LogP contribution >= 0.6 is 0 Å². The minimum Gasteiger partial charge on any atom is -0.478 e. The van der Waals surface area contributed by atoms with Gasteiger partial charge in [0.1, 0.15) is 0 Å². The fourth-order valence-corrected chi connectivity index (χ4v) is 2.27. The summed E-state index contributed by atoms with van der Waals surface area (Å²) in [5.41, 5.74) is 7.76. The smallest absolute Gasteiger partial charge is 0.335 e. The van der Waals surface area contributed by atoms with Crippen LogP contribution in [-0.2, 0) is 0 Å². The van der Waals surface area contributed by atoms with E-state index < -0.39 is 5.97 Å². The highest BCUT2D eigenvalue weighted by Gasteiger charge is 2.24. The highest BCUT2D eigenvalue weighted by molar-refractivity contribution is 5.93. The van der Waals surface area contributed by atoms with E-state index in [1.165, 1.54) is 6.42 Å². The highest BCUT2D eigenvalue weighted by Crippen LogP contribution is 2.36. The van der Waals surface area contributed by atoms with E-state index in [0.717, 1.165) is 23.9 Å². The first-order valence-corrected chi connectivity index (χ1v) is 5.67. The van der Waals surface area contributed by atoms with Gasteiger partial charge >= 0.3 is 5.97 Å². The molecule has 1 aromatic carbocycles. The molecule has 0 saturated heterocycles. The maximum absolute atomic E-state index is 11.0. The fourth-order valence-electron chi connectivity index (χ4n) is 2.27. The SMILES string of the molecule is Nc1nc2ccc(C(=O)O)cc2n1C1CCC1. The van der Waals surface area contributed by atoms with Crippen LogP contribution in [0.3, 0.4) is 0 Å². The molecule has 2 aromatic rings. The maximum Gasteiger partial charge on any atom is 0.335 e. The van der Waals surface area contributed by atoms with Gasteiger partial charge in [0, 0.05) is 6.04 Å². The van der Waals surface area contributed by atoms with Gasteiger partial charge in [-0.1, -0.05) is 0 Å². The van der Waals surface area contributed by atoms with Crippen molar-refractivity contribution in [2.45, 2.75) is 25.3 Å². The van der Waals surface area contributed by atoms with E-state index in [1.54, 1.807) is 18.2 Å². The normalized spacial score (nSPS) is 16.0. The number of carboxylic acids is 1. The van der Waals surface area contributed by atoms with Gasteiger partial charge < -0.3 is 15.4 Å². The monoisotopic (exact) mass is 231 g/mol. The van der Waals surface area contributed by atoms with E-state index in [1.807, 2.05) is 4.57 Å². The lowest BCUT2D eigenvalue weighted by Gasteiger charge is -2.28. The summed E-state index contributed by atoms with van der Waals surface area (Å²) in [5.74, 6) is -0.445. The number of anilines is 1. The molecule has 3 N–H and O–H groups in total. The van der Waals surface area contributed by atoms with Crippen LogP contribution in [0, 0.1) is 0 Å².